The zero-order valence-corrected chi connectivity index (χ0v) is 12.1. The third-order valence-corrected chi connectivity index (χ3v) is 3.62. The summed E-state index contributed by atoms with van der Waals surface area (Å²) in [5.74, 6) is 1.29. The predicted octanol–water partition coefficient (Wildman–Crippen LogP) is 1.18. The number of rotatable bonds is 4. The third-order valence-electron chi connectivity index (χ3n) is 3.62. The van der Waals surface area contributed by atoms with Gasteiger partial charge in [-0.3, -0.25) is 4.79 Å². The van der Waals surface area contributed by atoms with Gasteiger partial charge < -0.3 is 14.8 Å². The number of amides is 1. The molecule has 1 saturated heterocycles. The molecule has 0 bridgehead atoms. The summed E-state index contributed by atoms with van der Waals surface area (Å²) in [6, 6.07) is 0.784. The quantitative estimate of drug-likeness (QED) is 0.888. The van der Waals surface area contributed by atoms with Crippen molar-refractivity contribution in [2.75, 3.05) is 13.1 Å². The lowest BCUT2D eigenvalue weighted by atomic mass is 10.1. The van der Waals surface area contributed by atoms with Crippen LogP contribution in [0.25, 0.3) is 0 Å². The Morgan fingerprint density at radius 2 is 2.11 bits per heavy atom. The maximum atomic E-state index is 12.2. The van der Waals surface area contributed by atoms with Crippen molar-refractivity contribution in [3.05, 3.63) is 18.2 Å². The second kappa shape index (κ2) is 6.19. The van der Waals surface area contributed by atoms with Crippen LogP contribution in [0.15, 0.2) is 12.4 Å². The molecule has 1 fully saturated rings. The number of nitrogens with zero attached hydrogens (tertiary/aromatic N) is 3. The van der Waals surface area contributed by atoms with Crippen LogP contribution in [0.4, 0.5) is 0 Å². The minimum atomic E-state index is 0.276. The first-order chi connectivity index (χ1) is 9.06. The zero-order chi connectivity index (χ0) is 13.8. The molecule has 0 aliphatic carbocycles. The molecule has 1 aromatic heterocycles. The van der Waals surface area contributed by atoms with Crippen LogP contribution in [0.1, 0.15) is 32.5 Å². The molecule has 5 heteroatoms. The number of aryl methyl sites for hydroxylation is 2. The highest BCUT2D eigenvalue weighted by Crippen LogP contribution is 2.08. The second-order valence-electron chi connectivity index (χ2n) is 5.54. The van der Waals surface area contributed by atoms with Crippen LogP contribution in [0.5, 0.6) is 0 Å². The monoisotopic (exact) mass is 264 g/mol. The van der Waals surface area contributed by atoms with Crippen molar-refractivity contribution in [1.82, 2.24) is 19.8 Å². The average Bonchev–Trinajstić information content (AvgIpc) is 2.74. The van der Waals surface area contributed by atoms with Crippen molar-refractivity contribution in [3.8, 4) is 0 Å². The lowest BCUT2D eigenvalue weighted by Crippen LogP contribution is -2.55. The summed E-state index contributed by atoms with van der Waals surface area (Å²) in [6.45, 7) is 8.77. The van der Waals surface area contributed by atoms with Gasteiger partial charge in [0.05, 0.1) is 0 Å². The molecule has 1 aliphatic rings. The molecule has 0 saturated carbocycles. The summed E-state index contributed by atoms with van der Waals surface area (Å²) in [5, 5.41) is 3.44. The van der Waals surface area contributed by atoms with E-state index in [0.717, 1.165) is 31.9 Å². The lowest BCUT2D eigenvalue weighted by molar-refractivity contribution is -0.133. The number of carbonyl (C=O) groups is 1. The minimum absolute atomic E-state index is 0.276. The molecule has 106 valence electrons. The second-order valence-corrected chi connectivity index (χ2v) is 5.54. The Balaban J connectivity index is 1.76. The molecule has 0 spiro atoms. The highest BCUT2D eigenvalue weighted by Gasteiger charge is 2.24. The Hall–Kier alpha value is -1.36. The number of hydrogen-bond donors (Lipinski definition) is 1. The normalized spacial score (nSPS) is 23.6. The van der Waals surface area contributed by atoms with Crippen LogP contribution in [-0.4, -0.2) is 45.5 Å². The van der Waals surface area contributed by atoms with Crippen LogP contribution in [0.2, 0.25) is 0 Å². The van der Waals surface area contributed by atoms with Gasteiger partial charge in [0, 0.05) is 50.5 Å². The van der Waals surface area contributed by atoms with Crippen molar-refractivity contribution in [2.45, 2.75) is 52.2 Å². The Kier molecular flexibility index (Phi) is 4.58. The molecule has 1 amide bonds. The molecule has 2 rings (SSSR count). The van der Waals surface area contributed by atoms with Crippen molar-refractivity contribution >= 4 is 5.91 Å². The van der Waals surface area contributed by atoms with Crippen molar-refractivity contribution in [3.63, 3.8) is 0 Å². The number of hydrogen-bond acceptors (Lipinski definition) is 3. The smallest absolute Gasteiger partial charge is 0.222 e. The van der Waals surface area contributed by atoms with Crippen LogP contribution < -0.4 is 5.32 Å². The number of piperazine rings is 1. The Morgan fingerprint density at radius 3 is 2.68 bits per heavy atom. The summed E-state index contributed by atoms with van der Waals surface area (Å²) in [4.78, 5) is 18.4. The van der Waals surface area contributed by atoms with Crippen molar-refractivity contribution in [2.24, 2.45) is 0 Å². The molecule has 2 atom stereocenters. The van der Waals surface area contributed by atoms with Gasteiger partial charge in [-0.1, -0.05) is 0 Å². The van der Waals surface area contributed by atoms with Gasteiger partial charge in [-0.25, -0.2) is 4.98 Å². The minimum Gasteiger partial charge on any atom is -0.340 e. The molecule has 5 nitrogen and oxygen atoms in total. The van der Waals surface area contributed by atoms with Gasteiger partial charge in [-0.15, -0.1) is 0 Å². The SMILES string of the molecule is Cc1nccn1CCCC(=O)N1C[C@H](C)N[C@@H](C)C1. The summed E-state index contributed by atoms with van der Waals surface area (Å²) < 4.78 is 2.09. The first-order valence-electron chi connectivity index (χ1n) is 7.08. The van der Waals surface area contributed by atoms with Gasteiger partial charge in [0.1, 0.15) is 5.82 Å². The molecule has 2 heterocycles. The predicted molar refractivity (Wildman–Crippen MR) is 74.8 cm³/mol. The fourth-order valence-corrected chi connectivity index (χ4v) is 2.73. The molecular weight excluding hydrogens is 240 g/mol. The molecule has 0 radical (unpaired) electrons. The molecule has 1 aromatic rings. The summed E-state index contributed by atoms with van der Waals surface area (Å²) >= 11 is 0. The van der Waals surface area contributed by atoms with E-state index < -0.39 is 0 Å². The van der Waals surface area contributed by atoms with Gasteiger partial charge in [0.2, 0.25) is 5.91 Å². The van der Waals surface area contributed by atoms with E-state index in [2.05, 4.69) is 28.7 Å². The largest absolute Gasteiger partial charge is 0.340 e. The van der Waals surface area contributed by atoms with Crippen LogP contribution in [-0.2, 0) is 11.3 Å². The average molecular weight is 264 g/mol. The van der Waals surface area contributed by atoms with Crippen LogP contribution in [0.3, 0.4) is 0 Å². The topological polar surface area (TPSA) is 50.2 Å². The Labute approximate surface area is 115 Å². The fraction of sp³-hybridized carbons (Fsp3) is 0.714. The van der Waals surface area contributed by atoms with Gasteiger partial charge in [0.25, 0.3) is 0 Å². The number of carbonyl (C=O) groups excluding carboxylic acids is 1. The molecule has 1 N–H and O–H groups in total. The van der Waals surface area contributed by atoms with Crippen LogP contribution in [0, 0.1) is 6.92 Å². The van der Waals surface area contributed by atoms with Crippen LogP contribution >= 0.6 is 0 Å². The van der Waals surface area contributed by atoms with Gasteiger partial charge in [0.15, 0.2) is 0 Å². The van der Waals surface area contributed by atoms with E-state index in [-0.39, 0.29) is 5.91 Å². The fourth-order valence-electron chi connectivity index (χ4n) is 2.73. The van der Waals surface area contributed by atoms with E-state index in [0.29, 0.717) is 18.5 Å². The third kappa shape index (κ3) is 3.80. The van der Waals surface area contributed by atoms with Crippen molar-refractivity contribution < 1.29 is 4.79 Å². The first kappa shape index (κ1) is 14.1. The van der Waals surface area contributed by atoms with E-state index in [4.69, 9.17) is 0 Å². The standard InChI is InChI=1S/C14H24N4O/c1-11-9-18(10-12(2)16-11)14(19)5-4-7-17-8-6-15-13(17)3/h6,8,11-12,16H,4-5,7,9-10H2,1-3H3/t11-,12-/m0/s1. The maximum Gasteiger partial charge on any atom is 0.222 e. The highest BCUT2D eigenvalue weighted by molar-refractivity contribution is 5.76. The summed E-state index contributed by atoms with van der Waals surface area (Å²) in [6.07, 6.45) is 5.27. The maximum absolute atomic E-state index is 12.2. The molecule has 1 aliphatic heterocycles. The van der Waals surface area contributed by atoms with Crippen molar-refractivity contribution in [1.29, 1.82) is 0 Å². The number of imidazole rings is 1. The van der Waals surface area contributed by atoms with E-state index in [9.17, 15) is 4.79 Å². The zero-order valence-electron chi connectivity index (χ0n) is 12.1. The highest BCUT2D eigenvalue weighted by atomic mass is 16.2. The molecule has 0 unspecified atom stereocenters. The summed E-state index contributed by atoms with van der Waals surface area (Å²) in [5.41, 5.74) is 0. The van der Waals surface area contributed by atoms with E-state index in [1.54, 1.807) is 6.20 Å². The van der Waals surface area contributed by atoms with E-state index in [1.807, 2.05) is 18.0 Å². The summed E-state index contributed by atoms with van der Waals surface area (Å²) in [7, 11) is 0. The lowest BCUT2D eigenvalue weighted by Gasteiger charge is -2.36. The molecule has 0 aromatic carbocycles. The van der Waals surface area contributed by atoms with E-state index in [1.165, 1.54) is 0 Å². The van der Waals surface area contributed by atoms with Gasteiger partial charge >= 0.3 is 0 Å². The van der Waals surface area contributed by atoms with E-state index >= 15 is 0 Å². The number of nitrogens with one attached hydrogen (secondary N) is 1. The molecular formula is C14H24N4O. The molecule has 19 heavy (non-hydrogen) atoms. The Morgan fingerprint density at radius 1 is 1.42 bits per heavy atom. The Bertz CT molecular complexity index is 419. The number of aromatic nitrogens is 2. The van der Waals surface area contributed by atoms with Gasteiger partial charge in [-0.05, 0) is 27.2 Å². The first-order valence-corrected chi connectivity index (χ1v) is 7.08. The van der Waals surface area contributed by atoms with Gasteiger partial charge in [-0.2, -0.15) is 0 Å².